The number of benzene rings is 1. The SMILES string of the molecule is Cc1cc(OC2CCC2)cc(C)c1N. The number of nitrogen functional groups attached to an aromatic ring is 1. The van der Waals surface area contributed by atoms with Gasteiger partial charge in [-0.2, -0.15) is 0 Å². The van der Waals surface area contributed by atoms with Crippen molar-refractivity contribution in [2.75, 3.05) is 5.73 Å². The van der Waals surface area contributed by atoms with Gasteiger partial charge < -0.3 is 10.5 Å². The van der Waals surface area contributed by atoms with Gasteiger partial charge in [-0.3, -0.25) is 0 Å². The van der Waals surface area contributed by atoms with Crippen molar-refractivity contribution in [2.24, 2.45) is 0 Å². The van der Waals surface area contributed by atoms with Gasteiger partial charge in [0.2, 0.25) is 0 Å². The third kappa shape index (κ3) is 1.69. The predicted molar refractivity (Wildman–Crippen MR) is 58.6 cm³/mol. The number of hydrogen-bond acceptors (Lipinski definition) is 2. The molecule has 0 saturated heterocycles. The lowest BCUT2D eigenvalue weighted by Gasteiger charge is -2.26. The van der Waals surface area contributed by atoms with E-state index in [1.165, 1.54) is 19.3 Å². The fraction of sp³-hybridized carbons (Fsp3) is 0.500. The number of hydrogen-bond donors (Lipinski definition) is 1. The largest absolute Gasteiger partial charge is 0.490 e. The molecular weight excluding hydrogens is 174 g/mol. The molecule has 2 rings (SSSR count). The molecule has 2 nitrogen and oxygen atoms in total. The third-order valence-electron chi connectivity index (χ3n) is 2.92. The van der Waals surface area contributed by atoms with Gasteiger partial charge in [-0.1, -0.05) is 0 Å². The van der Waals surface area contributed by atoms with Crippen molar-refractivity contribution in [2.45, 2.75) is 39.2 Å². The normalized spacial score (nSPS) is 16.4. The molecule has 2 N–H and O–H groups in total. The summed E-state index contributed by atoms with van der Waals surface area (Å²) >= 11 is 0. The van der Waals surface area contributed by atoms with Crippen LogP contribution in [0.15, 0.2) is 12.1 Å². The summed E-state index contributed by atoms with van der Waals surface area (Å²) in [4.78, 5) is 0. The molecule has 1 aliphatic carbocycles. The lowest BCUT2D eigenvalue weighted by Crippen LogP contribution is -2.24. The molecule has 2 heteroatoms. The summed E-state index contributed by atoms with van der Waals surface area (Å²) in [5, 5.41) is 0. The van der Waals surface area contributed by atoms with Crippen LogP contribution in [0.5, 0.6) is 5.75 Å². The zero-order valence-corrected chi connectivity index (χ0v) is 8.84. The smallest absolute Gasteiger partial charge is 0.120 e. The summed E-state index contributed by atoms with van der Waals surface area (Å²) in [6.07, 6.45) is 4.14. The number of anilines is 1. The third-order valence-corrected chi connectivity index (χ3v) is 2.92. The van der Waals surface area contributed by atoms with E-state index in [1.807, 2.05) is 26.0 Å². The number of aryl methyl sites for hydroxylation is 2. The predicted octanol–water partition coefficient (Wildman–Crippen LogP) is 2.82. The minimum atomic E-state index is 0.442. The van der Waals surface area contributed by atoms with Crippen molar-refractivity contribution in [1.82, 2.24) is 0 Å². The number of rotatable bonds is 2. The molecular formula is C12H17NO. The second-order valence-corrected chi connectivity index (χ2v) is 4.14. The van der Waals surface area contributed by atoms with Crippen LogP contribution < -0.4 is 10.5 Å². The maximum Gasteiger partial charge on any atom is 0.120 e. The van der Waals surface area contributed by atoms with Gasteiger partial charge in [0.05, 0.1) is 6.10 Å². The van der Waals surface area contributed by atoms with Gasteiger partial charge in [-0.25, -0.2) is 0 Å². The van der Waals surface area contributed by atoms with Crippen LogP contribution in [0.2, 0.25) is 0 Å². The maximum atomic E-state index is 5.87. The minimum absolute atomic E-state index is 0.442. The molecule has 1 fully saturated rings. The van der Waals surface area contributed by atoms with E-state index in [4.69, 9.17) is 10.5 Å². The van der Waals surface area contributed by atoms with Crippen LogP contribution in [-0.4, -0.2) is 6.10 Å². The van der Waals surface area contributed by atoms with Crippen molar-refractivity contribution >= 4 is 5.69 Å². The van der Waals surface area contributed by atoms with Gasteiger partial charge >= 0.3 is 0 Å². The maximum absolute atomic E-state index is 5.87. The van der Waals surface area contributed by atoms with Crippen molar-refractivity contribution in [3.05, 3.63) is 23.3 Å². The Morgan fingerprint density at radius 1 is 1.21 bits per heavy atom. The Balaban J connectivity index is 2.17. The summed E-state index contributed by atoms with van der Waals surface area (Å²) in [5.74, 6) is 0.971. The van der Waals surface area contributed by atoms with Gasteiger partial charge in [-0.05, 0) is 56.4 Å². The number of nitrogens with two attached hydrogens (primary N) is 1. The highest BCUT2D eigenvalue weighted by Gasteiger charge is 2.19. The van der Waals surface area contributed by atoms with E-state index in [0.29, 0.717) is 6.10 Å². The van der Waals surface area contributed by atoms with E-state index in [-0.39, 0.29) is 0 Å². The second-order valence-electron chi connectivity index (χ2n) is 4.14. The fourth-order valence-corrected chi connectivity index (χ4v) is 1.68. The monoisotopic (exact) mass is 191 g/mol. The molecule has 0 unspecified atom stereocenters. The molecule has 0 radical (unpaired) electrons. The zero-order chi connectivity index (χ0) is 10.1. The fourth-order valence-electron chi connectivity index (χ4n) is 1.68. The van der Waals surface area contributed by atoms with E-state index in [9.17, 15) is 0 Å². The molecule has 1 saturated carbocycles. The minimum Gasteiger partial charge on any atom is -0.490 e. The van der Waals surface area contributed by atoms with Crippen LogP contribution in [0.1, 0.15) is 30.4 Å². The molecule has 0 spiro atoms. The molecule has 0 aromatic heterocycles. The number of ether oxygens (including phenoxy) is 1. The average molecular weight is 191 g/mol. The van der Waals surface area contributed by atoms with Crippen LogP contribution in [0.4, 0.5) is 5.69 Å². The lowest BCUT2D eigenvalue weighted by molar-refractivity contribution is 0.120. The Morgan fingerprint density at radius 2 is 1.79 bits per heavy atom. The quantitative estimate of drug-likeness (QED) is 0.729. The first-order chi connectivity index (χ1) is 6.66. The Kier molecular flexibility index (Phi) is 2.36. The Bertz CT molecular complexity index is 319. The van der Waals surface area contributed by atoms with Crippen LogP contribution in [0.3, 0.4) is 0 Å². The van der Waals surface area contributed by atoms with Crippen molar-refractivity contribution in [3.63, 3.8) is 0 Å². The van der Waals surface area contributed by atoms with Crippen LogP contribution in [-0.2, 0) is 0 Å². The molecule has 0 aliphatic heterocycles. The summed E-state index contributed by atoms with van der Waals surface area (Å²) in [6.45, 7) is 4.05. The molecule has 1 aromatic carbocycles. The highest BCUT2D eigenvalue weighted by Crippen LogP contribution is 2.28. The highest BCUT2D eigenvalue weighted by molar-refractivity contribution is 5.56. The van der Waals surface area contributed by atoms with Gasteiger partial charge in [0.15, 0.2) is 0 Å². The summed E-state index contributed by atoms with van der Waals surface area (Å²) in [5.41, 5.74) is 8.97. The Hall–Kier alpha value is -1.18. The molecule has 1 aromatic rings. The standard InChI is InChI=1S/C12H17NO/c1-8-6-11(7-9(2)12(8)13)14-10-4-3-5-10/h6-7,10H,3-5,13H2,1-2H3. The molecule has 0 heterocycles. The summed E-state index contributed by atoms with van der Waals surface area (Å²) in [6, 6.07) is 4.06. The van der Waals surface area contributed by atoms with E-state index >= 15 is 0 Å². The van der Waals surface area contributed by atoms with Crippen molar-refractivity contribution < 1.29 is 4.74 Å². The van der Waals surface area contributed by atoms with Gasteiger partial charge in [0.25, 0.3) is 0 Å². The van der Waals surface area contributed by atoms with Crippen LogP contribution >= 0.6 is 0 Å². The summed E-state index contributed by atoms with van der Waals surface area (Å²) in [7, 11) is 0. The first kappa shape index (κ1) is 9.38. The average Bonchev–Trinajstić information content (AvgIpc) is 2.07. The Labute approximate surface area is 85.1 Å². The second kappa shape index (κ2) is 3.52. The van der Waals surface area contributed by atoms with E-state index in [0.717, 1.165) is 22.6 Å². The van der Waals surface area contributed by atoms with Crippen LogP contribution in [0, 0.1) is 13.8 Å². The molecule has 0 atom stereocenters. The molecule has 14 heavy (non-hydrogen) atoms. The van der Waals surface area contributed by atoms with E-state index in [2.05, 4.69) is 0 Å². The van der Waals surface area contributed by atoms with E-state index < -0.39 is 0 Å². The Morgan fingerprint density at radius 3 is 2.21 bits per heavy atom. The highest BCUT2D eigenvalue weighted by atomic mass is 16.5. The van der Waals surface area contributed by atoms with Gasteiger partial charge in [0, 0.05) is 5.69 Å². The van der Waals surface area contributed by atoms with Crippen molar-refractivity contribution in [3.8, 4) is 5.75 Å². The van der Waals surface area contributed by atoms with Crippen molar-refractivity contribution in [1.29, 1.82) is 0 Å². The molecule has 0 bridgehead atoms. The van der Waals surface area contributed by atoms with Gasteiger partial charge in [0.1, 0.15) is 5.75 Å². The molecule has 76 valence electrons. The lowest BCUT2D eigenvalue weighted by atomic mass is 9.96. The molecule has 0 amide bonds. The first-order valence-electron chi connectivity index (χ1n) is 5.20. The van der Waals surface area contributed by atoms with E-state index in [1.54, 1.807) is 0 Å². The zero-order valence-electron chi connectivity index (χ0n) is 8.84. The van der Waals surface area contributed by atoms with Crippen LogP contribution in [0.25, 0.3) is 0 Å². The molecule has 1 aliphatic rings. The summed E-state index contributed by atoms with van der Waals surface area (Å²) < 4.78 is 5.81. The first-order valence-corrected chi connectivity index (χ1v) is 5.20. The van der Waals surface area contributed by atoms with Gasteiger partial charge in [-0.15, -0.1) is 0 Å². The topological polar surface area (TPSA) is 35.2 Å².